The number of thiazole rings is 2. The Kier molecular flexibility index (Phi) is 5.86. The number of nitrogens with zero attached hydrogens (tertiary/aromatic N) is 2. The molecule has 5 aromatic rings. The monoisotopic (exact) mass is 354 g/mol. The van der Waals surface area contributed by atoms with Crippen LogP contribution in [-0.2, 0) is 0 Å². The van der Waals surface area contributed by atoms with Crippen LogP contribution >= 0.6 is 34.0 Å². The smallest absolute Gasteiger partial charge is 0.0791 e. The Balaban J connectivity index is 0.000000128. The normalized spacial score (nSPS) is 9.74. The van der Waals surface area contributed by atoms with Crippen molar-refractivity contribution in [2.75, 3.05) is 0 Å². The highest BCUT2D eigenvalue weighted by Crippen LogP contribution is 2.32. The number of rotatable bonds is 0. The first-order valence-corrected chi connectivity index (χ1v) is 9.66. The Morgan fingerprint density at radius 1 is 0.609 bits per heavy atom. The summed E-state index contributed by atoms with van der Waals surface area (Å²) in [5.74, 6) is 0. The fourth-order valence-electron chi connectivity index (χ4n) is 2.03. The molecule has 0 saturated carbocycles. The summed E-state index contributed by atoms with van der Waals surface area (Å²) in [6, 6.07) is 17.1. The highest BCUT2D eigenvalue weighted by molar-refractivity contribution is 7.25. The Hall–Kier alpha value is -2.08. The largest absolute Gasteiger partial charge is 0.253 e. The van der Waals surface area contributed by atoms with E-state index in [0.717, 1.165) is 0 Å². The number of fused-ring (bicyclic) bond motifs is 3. The van der Waals surface area contributed by atoms with Gasteiger partial charge in [-0.3, -0.25) is 9.97 Å². The van der Waals surface area contributed by atoms with Crippen molar-refractivity contribution in [3.8, 4) is 0 Å². The zero-order chi connectivity index (χ0) is 15.7. The molecule has 0 unspecified atom stereocenters. The van der Waals surface area contributed by atoms with Gasteiger partial charge in [0.05, 0.1) is 11.0 Å². The average molecular weight is 355 g/mol. The van der Waals surface area contributed by atoms with Crippen molar-refractivity contribution in [2.24, 2.45) is 0 Å². The van der Waals surface area contributed by atoms with Crippen molar-refractivity contribution in [1.29, 1.82) is 0 Å². The summed E-state index contributed by atoms with van der Waals surface area (Å²) in [5, 5.41) is 6.62. The van der Waals surface area contributed by atoms with Crippen molar-refractivity contribution in [3.05, 3.63) is 82.7 Å². The van der Waals surface area contributed by atoms with Gasteiger partial charge in [0.2, 0.25) is 0 Å². The van der Waals surface area contributed by atoms with Gasteiger partial charge in [0, 0.05) is 43.3 Å². The first-order valence-electron chi connectivity index (χ1n) is 6.96. The van der Waals surface area contributed by atoms with Crippen LogP contribution in [0.4, 0.5) is 0 Å². The fraction of sp³-hybridized carbons (Fsp3) is 0. The molecular formula is C18H14N2S3. The molecule has 0 radical (unpaired) electrons. The maximum atomic E-state index is 3.74. The predicted molar refractivity (Wildman–Crippen MR) is 104 cm³/mol. The van der Waals surface area contributed by atoms with Gasteiger partial charge in [-0.2, -0.15) is 0 Å². The molecule has 5 heteroatoms. The SMILES string of the molecule is c1ccc2c(c1)sc1ccccc12.c1cscn1.c1cscn1. The summed E-state index contributed by atoms with van der Waals surface area (Å²) >= 11 is 5.07. The quantitative estimate of drug-likeness (QED) is 0.324. The third kappa shape index (κ3) is 4.45. The second kappa shape index (κ2) is 8.53. The van der Waals surface area contributed by atoms with Crippen LogP contribution in [0.5, 0.6) is 0 Å². The lowest BCUT2D eigenvalue weighted by Gasteiger charge is -1.88. The third-order valence-corrected chi connectivity index (χ3v) is 5.18. The molecule has 114 valence electrons. The minimum absolute atomic E-state index is 1.38. The molecule has 0 aliphatic carbocycles. The minimum Gasteiger partial charge on any atom is -0.253 e. The molecule has 3 aromatic heterocycles. The van der Waals surface area contributed by atoms with E-state index in [1.807, 2.05) is 22.1 Å². The van der Waals surface area contributed by atoms with Gasteiger partial charge in [-0.15, -0.1) is 34.0 Å². The third-order valence-electron chi connectivity index (χ3n) is 2.98. The Labute approximate surface area is 146 Å². The lowest BCUT2D eigenvalue weighted by molar-refractivity contribution is 1.43. The highest BCUT2D eigenvalue weighted by Gasteiger charge is 2.01. The second-order valence-corrected chi connectivity index (χ2v) is 7.04. The molecule has 0 atom stereocenters. The van der Waals surface area contributed by atoms with E-state index in [4.69, 9.17) is 0 Å². The molecule has 2 nitrogen and oxygen atoms in total. The van der Waals surface area contributed by atoms with Gasteiger partial charge in [0.1, 0.15) is 0 Å². The van der Waals surface area contributed by atoms with Crippen LogP contribution in [0.3, 0.4) is 0 Å². The van der Waals surface area contributed by atoms with Gasteiger partial charge >= 0.3 is 0 Å². The summed E-state index contributed by atoms with van der Waals surface area (Å²) in [5.41, 5.74) is 3.58. The first kappa shape index (κ1) is 15.8. The Bertz CT molecular complexity index is 814. The van der Waals surface area contributed by atoms with E-state index in [9.17, 15) is 0 Å². The molecule has 2 aromatic carbocycles. The van der Waals surface area contributed by atoms with E-state index in [-0.39, 0.29) is 0 Å². The molecule has 0 aliphatic heterocycles. The van der Waals surface area contributed by atoms with Gasteiger partial charge in [-0.1, -0.05) is 36.4 Å². The molecule has 0 amide bonds. The molecular weight excluding hydrogens is 340 g/mol. The lowest BCUT2D eigenvalue weighted by atomic mass is 10.2. The summed E-state index contributed by atoms with van der Waals surface area (Å²) in [6.07, 6.45) is 3.54. The van der Waals surface area contributed by atoms with Gasteiger partial charge in [-0.25, -0.2) is 0 Å². The van der Waals surface area contributed by atoms with E-state index in [0.29, 0.717) is 0 Å². The van der Waals surface area contributed by atoms with Crippen molar-refractivity contribution < 1.29 is 0 Å². The molecule has 0 saturated heterocycles. The molecule has 0 N–H and O–H groups in total. The predicted octanol–water partition coefficient (Wildman–Crippen LogP) is 6.34. The van der Waals surface area contributed by atoms with Crippen molar-refractivity contribution >= 4 is 54.2 Å². The van der Waals surface area contributed by atoms with Crippen LogP contribution < -0.4 is 0 Å². The first-order chi connectivity index (χ1) is 11.4. The van der Waals surface area contributed by atoms with Crippen LogP contribution in [0.2, 0.25) is 0 Å². The standard InChI is InChI=1S/C12H8S.2C3H3NS/c1-3-7-11-9(5-1)10-6-2-4-8-12(10)13-11;2*1-2-5-3-4-1/h1-8H;2*1-3H. The zero-order valence-electron chi connectivity index (χ0n) is 12.2. The van der Waals surface area contributed by atoms with Crippen molar-refractivity contribution in [2.45, 2.75) is 0 Å². The van der Waals surface area contributed by atoms with E-state index in [1.165, 1.54) is 20.2 Å². The number of aromatic nitrogens is 2. The molecule has 0 fully saturated rings. The summed E-state index contributed by atoms with van der Waals surface area (Å²) in [6.45, 7) is 0. The highest BCUT2D eigenvalue weighted by atomic mass is 32.1. The number of benzene rings is 2. The van der Waals surface area contributed by atoms with Crippen LogP contribution in [0.15, 0.2) is 82.7 Å². The number of hydrogen-bond acceptors (Lipinski definition) is 5. The van der Waals surface area contributed by atoms with Crippen molar-refractivity contribution in [3.63, 3.8) is 0 Å². The van der Waals surface area contributed by atoms with Crippen molar-refractivity contribution in [1.82, 2.24) is 9.97 Å². The van der Waals surface area contributed by atoms with E-state index < -0.39 is 0 Å². The van der Waals surface area contributed by atoms with Crippen LogP contribution in [0, 0.1) is 0 Å². The Morgan fingerprint density at radius 3 is 1.43 bits per heavy atom. The van der Waals surface area contributed by atoms with E-state index in [1.54, 1.807) is 46.1 Å². The van der Waals surface area contributed by atoms with E-state index >= 15 is 0 Å². The Morgan fingerprint density at radius 2 is 1.09 bits per heavy atom. The van der Waals surface area contributed by atoms with Gasteiger partial charge in [0.15, 0.2) is 0 Å². The van der Waals surface area contributed by atoms with Crippen LogP contribution in [0.1, 0.15) is 0 Å². The van der Waals surface area contributed by atoms with Crippen LogP contribution in [-0.4, -0.2) is 9.97 Å². The maximum Gasteiger partial charge on any atom is 0.0791 e. The summed E-state index contributed by atoms with van der Waals surface area (Å²) in [7, 11) is 0. The summed E-state index contributed by atoms with van der Waals surface area (Å²) in [4.78, 5) is 7.48. The topological polar surface area (TPSA) is 25.8 Å². The molecule has 23 heavy (non-hydrogen) atoms. The molecule has 5 rings (SSSR count). The molecule has 0 bridgehead atoms. The van der Waals surface area contributed by atoms with Crippen LogP contribution in [0.25, 0.3) is 20.2 Å². The van der Waals surface area contributed by atoms with Gasteiger partial charge < -0.3 is 0 Å². The molecule has 3 heterocycles. The summed E-state index contributed by atoms with van der Waals surface area (Å²) < 4.78 is 2.76. The number of hydrogen-bond donors (Lipinski definition) is 0. The zero-order valence-corrected chi connectivity index (χ0v) is 14.7. The average Bonchev–Trinajstić information content (AvgIpc) is 3.38. The minimum atomic E-state index is 1.38. The number of thiophene rings is 1. The lowest BCUT2D eigenvalue weighted by Crippen LogP contribution is -1.62. The fourth-order valence-corrected chi connectivity index (χ4v) is 3.83. The van der Waals surface area contributed by atoms with Gasteiger partial charge in [0.25, 0.3) is 0 Å². The molecule has 0 spiro atoms. The molecule has 0 aliphatic rings. The van der Waals surface area contributed by atoms with Gasteiger partial charge in [-0.05, 0) is 12.1 Å². The van der Waals surface area contributed by atoms with E-state index in [2.05, 4.69) is 58.5 Å². The second-order valence-electron chi connectivity index (χ2n) is 4.45. The maximum absolute atomic E-state index is 3.74.